The minimum atomic E-state index is -0.827. The predicted octanol–water partition coefficient (Wildman–Crippen LogP) is 2.17. The molecule has 0 radical (unpaired) electrons. The molecule has 1 heterocycles. The van der Waals surface area contributed by atoms with Crippen LogP contribution in [0.5, 0.6) is 0 Å². The van der Waals surface area contributed by atoms with Crippen LogP contribution >= 0.6 is 0 Å². The molecule has 3 N–H and O–H groups in total. The summed E-state index contributed by atoms with van der Waals surface area (Å²) in [6.07, 6.45) is 0.311. The number of nitrogens with two attached hydrogens (primary N) is 1. The molecular weight excluding hydrogens is 318 g/mol. The van der Waals surface area contributed by atoms with E-state index in [1.807, 2.05) is 60.7 Å². The summed E-state index contributed by atoms with van der Waals surface area (Å²) in [5, 5.41) is 6.38. The largest absolute Gasteiger partial charge is 0.368 e. The topological polar surface area (TPSA) is 98.2 Å². The summed E-state index contributed by atoms with van der Waals surface area (Å²) in [4.78, 5) is 24.0. The Labute approximate surface area is 144 Å². The Kier molecular flexibility index (Phi) is 4.89. The van der Waals surface area contributed by atoms with Gasteiger partial charge in [0.15, 0.2) is 11.5 Å². The standard InChI is InChI=1S/C19H17N3O3/c20-18(23)15(11-13-7-3-1-4-8-13)21-19(24)16-12-17(25-22-16)14-9-5-2-6-10-14/h1-10,12,15H,11H2,(H2,20,23)(H,21,24)/t15-/m1/s1. The second-order valence-electron chi connectivity index (χ2n) is 5.56. The molecule has 0 aliphatic carbocycles. The van der Waals surface area contributed by atoms with E-state index in [9.17, 15) is 9.59 Å². The number of benzene rings is 2. The van der Waals surface area contributed by atoms with Crippen LogP contribution in [0.4, 0.5) is 0 Å². The lowest BCUT2D eigenvalue weighted by Gasteiger charge is -2.14. The average molecular weight is 335 g/mol. The molecule has 0 aliphatic rings. The highest BCUT2D eigenvalue weighted by molar-refractivity contribution is 5.96. The van der Waals surface area contributed by atoms with Gasteiger partial charge in [-0.3, -0.25) is 9.59 Å². The van der Waals surface area contributed by atoms with E-state index in [2.05, 4.69) is 10.5 Å². The van der Waals surface area contributed by atoms with E-state index in [1.165, 1.54) is 6.07 Å². The van der Waals surface area contributed by atoms with E-state index in [0.29, 0.717) is 12.2 Å². The van der Waals surface area contributed by atoms with Gasteiger partial charge in [0, 0.05) is 18.1 Å². The van der Waals surface area contributed by atoms with Gasteiger partial charge in [-0.1, -0.05) is 65.8 Å². The molecule has 3 rings (SSSR count). The molecule has 0 saturated heterocycles. The molecule has 2 aromatic carbocycles. The summed E-state index contributed by atoms with van der Waals surface area (Å²) in [5.74, 6) is -0.640. The number of hydrogen-bond donors (Lipinski definition) is 2. The van der Waals surface area contributed by atoms with Gasteiger partial charge < -0.3 is 15.6 Å². The van der Waals surface area contributed by atoms with Crippen molar-refractivity contribution in [3.63, 3.8) is 0 Å². The summed E-state index contributed by atoms with van der Waals surface area (Å²) in [5.41, 5.74) is 7.21. The Bertz CT molecular complexity index is 860. The maximum atomic E-state index is 12.4. The number of nitrogens with one attached hydrogen (secondary N) is 1. The molecule has 1 aromatic heterocycles. The third-order valence-corrected chi connectivity index (χ3v) is 3.73. The fraction of sp³-hybridized carbons (Fsp3) is 0.105. The van der Waals surface area contributed by atoms with Crippen molar-refractivity contribution in [2.45, 2.75) is 12.5 Å². The van der Waals surface area contributed by atoms with Crippen LogP contribution in [0.25, 0.3) is 11.3 Å². The minimum Gasteiger partial charge on any atom is -0.368 e. The van der Waals surface area contributed by atoms with Crippen molar-refractivity contribution in [2.24, 2.45) is 5.73 Å². The normalized spacial score (nSPS) is 11.7. The lowest BCUT2D eigenvalue weighted by molar-refractivity contribution is -0.119. The van der Waals surface area contributed by atoms with Gasteiger partial charge in [0.1, 0.15) is 6.04 Å². The Morgan fingerprint density at radius 2 is 1.68 bits per heavy atom. The summed E-state index contributed by atoms with van der Waals surface area (Å²) >= 11 is 0. The zero-order valence-corrected chi connectivity index (χ0v) is 13.4. The number of hydrogen-bond acceptors (Lipinski definition) is 4. The highest BCUT2D eigenvalue weighted by atomic mass is 16.5. The van der Waals surface area contributed by atoms with Crippen molar-refractivity contribution < 1.29 is 14.1 Å². The van der Waals surface area contributed by atoms with Crippen molar-refractivity contribution in [1.29, 1.82) is 0 Å². The van der Waals surface area contributed by atoms with Crippen molar-refractivity contribution in [2.75, 3.05) is 0 Å². The fourth-order valence-electron chi connectivity index (χ4n) is 2.43. The zero-order valence-electron chi connectivity index (χ0n) is 13.4. The number of rotatable bonds is 6. The lowest BCUT2D eigenvalue weighted by atomic mass is 10.1. The third-order valence-electron chi connectivity index (χ3n) is 3.73. The van der Waals surface area contributed by atoms with Crippen LogP contribution in [0.15, 0.2) is 71.3 Å². The first-order chi connectivity index (χ1) is 12.1. The second kappa shape index (κ2) is 7.44. The molecule has 25 heavy (non-hydrogen) atoms. The molecular formula is C19H17N3O3. The van der Waals surface area contributed by atoms with E-state index >= 15 is 0 Å². The number of nitrogens with zero attached hydrogens (tertiary/aromatic N) is 1. The van der Waals surface area contributed by atoms with Crippen molar-refractivity contribution in [1.82, 2.24) is 10.5 Å². The smallest absolute Gasteiger partial charge is 0.274 e. The van der Waals surface area contributed by atoms with Crippen LogP contribution in [0, 0.1) is 0 Å². The van der Waals surface area contributed by atoms with E-state index in [-0.39, 0.29) is 5.69 Å². The molecule has 0 spiro atoms. The maximum Gasteiger partial charge on any atom is 0.274 e. The Hall–Kier alpha value is -3.41. The Morgan fingerprint density at radius 3 is 2.32 bits per heavy atom. The Balaban J connectivity index is 1.72. The highest BCUT2D eigenvalue weighted by Crippen LogP contribution is 2.19. The van der Waals surface area contributed by atoms with Crippen molar-refractivity contribution in [3.8, 4) is 11.3 Å². The van der Waals surface area contributed by atoms with E-state index in [4.69, 9.17) is 10.3 Å². The maximum absolute atomic E-state index is 12.4. The van der Waals surface area contributed by atoms with Gasteiger partial charge in [-0.2, -0.15) is 0 Å². The monoisotopic (exact) mass is 335 g/mol. The summed E-state index contributed by atoms with van der Waals surface area (Å²) in [6.45, 7) is 0. The SMILES string of the molecule is NC(=O)[C@@H](Cc1ccccc1)NC(=O)c1cc(-c2ccccc2)on1. The summed E-state index contributed by atoms with van der Waals surface area (Å²) in [6, 6.07) is 19.3. The van der Waals surface area contributed by atoms with Crippen LogP contribution < -0.4 is 11.1 Å². The molecule has 0 aliphatic heterocycles. The number of aromatic nitrogens is 1. The number of amides is 2. The van der Waals surface area contributed by atoms with Crippen LogP contribution in [-0.4, -0.2) is 23.0 Å². The van der Waals surface area contributed by atoms with Gasteiger partial charge in [0.25, 0.3) is 5.91 Å². The molecule has 0 bridgehead atoms. The first-order valence-corrected chi connectivity index (χ1v) is 7.80. The molecule has 0 unspecified atom stereocenters. The van der Waals surface area contributed by atoms with Crippen LogP contribution in [0.3, 0.4) is 0 Å². The summed E-state index contributed by atoms with van der Waals surface area (Å²) < 4.78 is 5.21. The van der Waals surface area contributed by atoms with Crippen LogP contribution in [0.1, 0.15) is 16.1 Å². The highest BCUT2D eigenvalue weighted by Gasteiger charge is 2.21. The third kappa shape index (κ3) is 4.11. The number of primary amides is 1. The van der Waals surface area contributed by atoms with Gasteiger partial charge >= 0.3 is 0 Å². The fourth-order valence-corrected chi connectivity index (χ4v) is 2.43. The second-order valence-corrected chi connectivity index (χ2v) is 5.56. The molecule has 2 amide bonds. The van der Waals surface area contributed by atoms with E-state index in [1.54, 1.807) is 0 Å². The molecule has 6 nitrogen and oxygen atoms in total. The number of carbonyl (C=O) groups is 2. The molecule has 0 saturated carbocycles. The lowest BCUT2D eigenvalue weighted by Crippen LogP contribution is -2.45. The van der Waals surface area contributed by atoms with Crippen molar-refractivity contribution >= 4 is 11.8 Å². The van der Waals surface area contributed by atoms with Crippen molar-refractivity contribution in [3.05, 3.63) is 78.0 Å². The Morgan fingerprint density at radius 1 is 1.04 bits per heavy atom. The van der Waals surface area contributed by atoms with Crippen LogP contribution in [-0.2, 0) is 11.2 Å². The van der Waals surface area contributed by atoms with E-state index < -0.39 is 17.9 Å². The van der Waals surface area contributed by atoms with Gasteiger partial charge in [-0.15, -0.1) is 0 Å². The first kappa shape index (κ1) is 16.4. The quantitative estimate of drug-likeness (QED) is 0.721. The first-order valence-electron chi connectivity index (χ1n) is 7.80. The molecule has 126 valence electrons. The minimum absolute atomic E-state index is 0.0955. The number of carbonyl (C=O) groups excluding carboxylic acids is 2. The molecule has 6 heteroatoms. The van der Waals surface area contributed by atoms with Gasteiger partial charge in [0.05, 0.1) is 0 Å². The zero-order chi connectivity index (χ0) is 17.6. The molecule has 1 atom stereocenters. The van der Waals surface area contributed by atoms with Crippen LogP contribution in [0.2, 0.25) is 0 Å². The van der Waals surface area contributed by atoms with E-state index in [0.717, 1.165) is 11.1 Å². The average Bonchev–Trinajstić information content (AvgIpc) is 3.13. The molecule has 0 fully saturated rings. The van der Waals surface area contributed by atoms with Gasteiger partial charge in [0.2, 0.25) is 5.91 Å². The predicted molar refractivity (Wildman–Crippen MR) is 92.5 cm³/mol. The molecule has 3 aromatic rings. The summed E-state index contributed by atoms with van der Waals surface area (Å²) in [7, 11) is 0. The van der Waals surface area contributed by atoms with Gasteiger partial charge in [-0.25, -0.2) is 0 Å². The van der Waals surface area contributed by atoms with Gasteiger partial charge in [-0.05, 0) is 5.56 Å².